The molecule has 0 radical (unpaired) electrons. The molecule has 0 saturated carbocycles. The maximum atomic E-state index is 4.54. The Hall–Kier alpha value is -0.860. The predicted octanol–water partition coefficient (Wildman–Crippen LogP) is 3.92. The molecule has 0 fully saturated rings. The Labute approximate surface area is 99.8 Å². The molecule has 0 spiro atoms. The van der Waals surface area contributed by atoms with E-state index in [4.69, 9.17) is 0 Å². The molecule has 0 bridgehead atoms. The molecule has 0 aliphatic heterocycles. The lowest BCUT2D eigenvalue weighted by molar-refractivity contribution is 1.27. The predicted molar refractivity (Wildman–Crippen MR) is 72.5 cm³/mol. The Kier molecular flexibility index (Phi) is 2.08. The van der Waals surface area contributed by atoms with E-state index in [0.717, 1.165) is 16.2 Å². The van der Waals surface area contributed by atoms with Crippen LogP contribution in [0.4, 0.5) is 0 Å². The van der Waals surface area contributed by atoms with Crippen LogP contribution in [0.15, 0.2) is 41.3 Å². The third-order valence-corrected chi connectivity index (χ3v) is 3.95. The average Bonchev–Trinajstić information content (AvgIpc) is 2.26. The zero-order valence-electron chi connectivity index (χ0n) is 8.07. The quantitative estimate of drug-likeness (QED) is 0.630. The Morgan fingerprint density at radius 2 is 1.67 bits per heavy atom. The van der Waals surface area contributed by atoms with Gasteiger partial charge in [0.1, 0.15) is 0 Å². The highest BCUT2D eigenvalue weighted by atomic mass is 32.1. The Balaban J connectivity index is 2.50. The highest BCUT2D eigenvalue weighted by molar-refractivity contribution is 7.93. The molecule has 0 nitrogen and oxygen atoms in total. The summed E-state index contributed by atoms with van der Waals surface area (Å²) in [6, 6.07) is 12.8. The lowest BCUT2D eigenvalue weighted by atomic mass is 9.93. The normalized spacial score (nSPS) is 14.8. The second kappa shape index (κ2) is 3.32. The Morgan fingerprint density at radius 3 is 2.47 bits per heavy atom. The third-order valence-electron chi connectivity index (χ3n) is 2.88. The smallest absolute Gasteiger partial charge is 0.0215 e. The van der Waals surface area contributed by atoms with Crippen molar-refractivity contribution in [1.29, 1.82) is 0 Å². The minimum Gasteiger partial charge on any atom is -0.146 e. The maximum Gasteiger partial charge on any atom is 0.0215 e. The molecule has 0 N–H and O–H groups in total. The number of rotatable bonds is 0. The van der Waals surface area contributed by atoms with E-state index in [0.29, 0.717) is 0 Å². The lowest BCUT2D eigenvalue weighted by Crippen LogP contribution is -1.98. The SMILES string of the molecule is SC1=C(S)c2cccc3cccc(c23)C1. The van der Waals surface area contributed by atoms with E-state index < -0.39 is 0 Å². The van der Waals surface area contributed by atoms with Crippen molar-refractivity contribution in [3.63, 3.8) is 0 Å². The average molecular weight is 230 g/mol. The van der Waals surface area contributed by atoms with Crippen LogP contribution < -0.4 is 0 Å². The molecule has 74 valence electrons. The van der Waals surface area contributed by atoms with Gasteiger partial charge in [-0.25, -0.2) is 0 Å². The van der Waals surface area contributed by atoms with Gasteiger partial charge < -0.3 is 0 Å². The van der Waals surface area contributed by atoms with Crippen LogP contribution in [0.25, 0.3) is 15.7 Å². The van der Waals surface area contributed by atoms with Gasteiger partial charge in [-0.05, 0) is 26.8 Å². The number of hydrogen-bond donors (Lipinski definition) is 2. The van der Waals surface area contributed by atoms with Crippen molar-refractivity contribution in [2.45, 2.75) is 6.42 Å². The minimum absolute atomic E-state index is 0.899. The lowest BCUT2D eigenvalue weighted by Gasteiger charge is -2.18. The first kappa shape index (κ1) is 9.37. The Morgan fingerprint density at radius 1 is 0.933 bits per heavy atom. The van der Waals surface area contributed by atoms with Gasteiger partial charge in [-0.2, -0.15) is 0 Å². The standard InChI is InChI=1S/C13H10S2/c14-11-7-9-5-1-3-8-4-2-6-10(12(8)9)13(11)15/h1-6,14-15H,7H2. The molecule has 0 atom stereocenters. The fraction of sp³-hybridized carbons (Fsp3) is 0.0769. The first-order valence-electron chi connectivity index (χ1n) is 4.89. The van der Waals surface area contributed by atoms with Crippen LogP contribution >= 0.6 is 25.3 Å². The van der Waals surface area contributed by atoms with Gasteiger partial charge in [0.15, 0.2) is 0 Å². The van der Waals surface area contributed by atoms with Crippen LogP contribution in [0.5, 0.6) is 0 Å². The zero-order chi connectivity index (χ0) is 10.4. The van der Waals surface area contributed by atoms with Crippen molar-refractivity contribution in [3.05, 3.63) is 52.4 Å². The summed E-state index contributed by atoms with van der Waals surface area (Å²) in [5, 5.41) is 2.63. The van der Waals surface area contributed by atoms with E-state index in [2.05, 4.69) is 61.7 Å². The van der Waals surface area contributed by atoms with E-state index >= 15 is 0 Å². The molecular weight excluding hydrogens is 220 g/mol. The summed E-state index contributed by atoms with van der Waals surface area (Å²) in [5.74, 6) is 0. The van der Waals surface area contributed by atoms with E-state index in [9.17, 15) is 0 Å². The number of allylic oxidation sites excluding steroid dienone is 1. The topological polar surface area (TPSA) is 0 Å². The molecule has 0 aromatic heterocycles. The molecule has 0 saturated heterocycles. The molecule has 0 unspecified atom stereocenters. The highest BCUT2D eigenvalue weighted by Gasteiger charge is 2.15. The molecule has 1 aliphatic carbocycles. The zero-order valence-corrected chi connectivity index (χ0v) is 9.85. The maximum absolute atomic E-state index is 4.54. The number of benzene rings is 2. The highest BCUT2D eigenvalue weighted by Crippen LogP contribution is 2.38. The number of thiol groups is 2. The van der Waals surface area contributed by atoms with Crippen molar-refractivity contribution in [3.8, 4) is 0 Å². The van der Waals surface area contributed by atoms with E-state index in [1.807, 2.05) is 0 Å². The fourth-order valence-electron chi connectivity index (χ4n) is 2.18. The van der Waals surface area contributed by atoms with Crippen LogP contribution in [-0.2, 0) is 6.42 Å². The molecule has 0 amide bonds. The fourth-order valence-corrected chi connectivity index (χ4v) is 2.74. The van der Waals surface area contributed by atoms with E-state index in [1.54, 1.807) is 0 Å². The summed E-state index contributed by atoms with van der Waals surface area (Å²) in [5.41, 5.74) is 2.56. The molecule has 2 aromatic carbocycles. The summed E-state index contributed by atoms with van der Waals surface area (Å²) < 4.78 is 0. The molecule has 0 heterocycles. The summed E-state index contributed by atoms with van der Waals surface area (Å²) in [7, 11) is 0. The van der Waals surface area contributed by atoms with Crippen LogP contribution in [0, 0.1) is 0 Å². The van der Waals surface area contributed by atoms with Crippen molar-refractivity contribution < 1.29 is 0 Å². The third kappa shape index (κ3) is 1.32. The summed E-state index contributed by atoms with van der Waals surface area (Å²) in [6.45, 7) is 0. The van der Waals surface area contributed by atoms with Gasteiger partial charge in [0, 0.05) is 11.3 Å². The molecular formula is C13H10S2. The number of hydrogen-bond acceptors (Lipinski definition) is 2. The Bertz CT molecular complexity index is 577. The van der Waals surface area contributed by atoms with Gasteiger partial charge in [0.2, 0.25) is 0 Å². The first-order chi connectivity index (χ1) is 7.27. The van der Waals surface area contributed by atoms with Crippen LogP contribution in [0.3, 0.4) is 0 Å². The van der Waals surface area contributed by atoms with Gasteiger partial charge in [0.25, 0.3) is 0 Å². The second-order valence-corrected chi connectivity index (χ2v) is 4.78. The van der Waals surface area contributed by atoms with Gasteiger partial charge in [-0.15, -0.1) is 25.3 Å². The van der Waals surface area contributed by atoms with Gasteiger partial charge in [-0.1, -0.05) is 36.4 Å². The monoisotopic (exact) mass is 230 g/mol. The van der Waals surface area contributed by atoms with Crippen molar-refractivity contribution >= 4 is 40.9 Å². The minimum atomic E-state index is 0.899. The van der Waals surface area contributed by atoms with E-state index in [-0.39, 0.29) is 0 Å². The van der Waals surface area contributed by atoms with Crippen molar-refractivity contribution in [2.75, 3.05) is 0 Å². The van der Waals surface area contributed by atoms with Crippen molar-refractivity contribution in [2.24, 2.45) is 0 Å². The van der Waals surface area contributed by atoms with E-state index in [1.165, 1.54) is 21.9 Å². The largest absolute Gasteiger partial charge is 0.146 e. The van der Waals surface area contributed by atoms with Crippen molar-refractivity contribution in [1.82, 2.24) is 0 Å². The molecule has 2 aromatic rings. The summed E-state index contributed by atoms with van der Waals surface area (Å²) >= 11 is 9.03. The van der Waals surface area contributed by atoms with Gasteiger partial charge in [-0.3, -0.25) is 0 Å². The van der Waals surface area contributed by atoms with Crippen LogP contribution in [0.1, 0.15) is 11.1 Å². The van der Waals surface area contributed by atoms with Gasteiger partial charge >= 0.3 is 0 Å². The molecule has 2 heteroatoms. The van der Waals surface area contributed by atoms with Crippen LogP contribution in [-0.4, -0.2) is 0 Å². The van der Waals surface area contributed by atoms with Crippen LogP contribution in [0.2, 0.25) is 0 Å². The first-order valence-corrected chi connectivity index (χ1v) is 5.79. The summed E-state index contributed by atoms with van der Waals surface area (Å²) in [4.78, 5) is 2.08. The van der Waals surface area contributed by atoms with Gasteiger partial charge in [0.05, 0.1) is 0 Å². The second-order valence-electron chi connectivity index (χ2n) is 3.79. The molecule has 15 heavy (non-hydrogen) atoms. The molecule has 1 aliphatic rings. The molecule has 3 rings (SSSR count). The summed E-state index contributed by atoms with van der Waals surface area (Å²) in [6.07, 6.45) is 0.899.